The standard InChI is InChI=1S/C65H110O6/c1-4-7-10-13-15-17-19-21-23-25-26-27-28-29-30-31-32-33-34-35-36-37-38-40-41-43-45-47-49-52-55-58-64(67)70-61-62(60-69-63(66)57-54-51-12-9-6-3)71-65(68)59-56-53-50-48-46-44-42-39-24-22-20-18-16-14-11-8-5-2/h7-8,10-11,15-18,21-24,26-27,29-30,62H,4-6,9,12-14,19-20,25,28,31-61H2,1-3H3/b10-7-,11-8-,17-15-,18-16-,23-21-,24-22-,27-26-,30-29-. The molecule has 0 aliphatic heterocycles. The Morgan fingerprint density at radius 3 is 0.859 bits per heavy atom. The van der Waals surface area contributed by atoms with Crippen molar-refractivity contribution in [2.24, 2.45) is 0 Å². The van der Waals surface area contributed by atoms with E-state index in [1.807, 2.05) is 0 Å². The fourth-order valence-electron chi connectivity index (χ4n) is 8.19. The van der Waals surface area contributed by atoms with Crippen molar-refractivity contribution in [2.45, 2.75) is 284 Å². The van der Waals surface area contributed by atoms with E-state index in [1.54, 1.807) is 0 Å². The zero-order valence-electron chi connectivity index (χ0n) is 46.5. The third-order valence-electron chi connectivity index (χ3n) is 12.6. The van der Waals surface area contributed by atoms with Crippen molar-refractivity contribution < 1.29 is 28.6 Å². The molecule has 0 aliphatic rings. The van der Waals surface area contributed by atoms with Crippen LogP contribution in [0.15, 0.2) is 97.2 Å². The molecule has 0 aromatic rings. The van der Waals surface area contributed by atoms with Crippen LogP contribution in [0.1, 0.15) is 278 Å². The van der Waals surface area contributed by atoms with E-state index in [4.69, 9.17) is 14.2 Å². The summed E-state index contributed by atoms with van der Waals surface area (Å²) >= 11 is 0. The predicted octanol–water partition coefficient (Wildman–Crippen LogP) is 20.1. The van der Waals surface area contributed by atoms with E-state index in [0.717, 1.165) is 122 Å². The topological polar surface area (TPSA) is 78.9 Å². The summed E-state index contributed by atoms with van der Waals surface area (Å²) < 4.78 is 16.7. The van der Waals surface area contributed by atoms with Gasteiger partial charge in [-0.05, 0) is 96.3 Å². The summed E-state index contributed by atoms with van der Waals surface area (Å²) in [6.45, 7) is 6.33. The molecule has 406 valence electrons. The van der Waals surface area contributed by atoms with Gasteiger partial charge in [-0.2, -0.15) is 0 Å². The number of ether oxygens (including phenoxy) is 3. The lowest BCUT2D eigenvalue weighted by Crippen LogP contribution is -2.30. The lowest BCUT2D eigenvalue weighted by Gasteiger charge is -2.18. The molecule has 0 aromatic carbocycles. The second-order valence-corrected chi connectivity index (χ2v) is 19.5. The van der Waals surface area contributed by atoms with Crippen LogP contribution in [0.4, 0.5) is 0 Å². The molecule has 0 aliphatic carbocycles. The molecule has 0 amide bonds. The van der Waals surface area contributed by atoms with E-state index < -0.39 is 6.10 Å². The molecule has 0 heterocycles. The van der Waals surface area contributed by atoms with Gasteiger partial charge < -0.3 is 14.2 Å². The van der Waals surface area contributed by atoms with Crippen LogP contribution in [0.2, 0.25) is 0 Å². The second-order valence-electron chi connectivity index (χ2n) is 19.5. The average Bonchev–Trinajstić information content (AvgIpc) is 3.37. The van der Waals surface area contributed by atoms with Gasteiger partial charge in [0.05, 0.1) is 0 Å². The fourth-order valence-corrected chi connectivity index (χ4v) is 8.19. The number of unbranched alkanes of at least 4 members (excludes halogenated alkanes) is 26. The highest BCUT2D eigenvalue weighted by Gasteiger charge is 2.19. The molecule has 0 saturated carbocycles. The van der Waals surface area contributed by atoms with Crippen molar-refractivity contribution in [3.63, 3.8) is 0 Å². The molecule has 0 bridgehead atoms. The van der Waals surface area contributed by atoms with E-state index in [0.29, 0.717) is 19.3 Å². The number of hydrogen-bond acceptors (Lipinski definition) is 6. The van der Waals surface area contributed by atoms with Crippen molar-refractivity contribution in [3.05, 3.63) is 97.2 Å². The van der Waals surface area contributed by atoms with Crippen LogP contribution < -0.4 is 0 Å². The van der Waals surface area contributed by atoms with Gasteiger partial charge in [-0.15, -0.1) is 0 Å². The molecular weight excluding hydrogens is 877 g/mol. The Morgan fingerprint density at radius 2 is 0.549 bits per heavy atom. The lowest BCUT2D eigenvalue weighted by atomic mass is 10.0. The monoisotopic (exact) mass is 987 g/mol. The number of carbonyl (C=O) groups is 3. The molecule has 0 N–H and O–H groups in total. The molecule has 0 spiro atoms. The number of hydrogen-bond donors (Lipinski definition) is 0. The Kier molecular flexibility index (Phi) is 55.9. The summed E-state index contributed by atoms with van der Waals surface area (Å²) in [4.78, 5) is 37.8. The van der Waals surface area contributed by atoms with E-state index >= 15 is 0 Å². The van der Waals surface area contributed by atoms with Crippen LogP contribution in [0.5, 0.6) is 0 Å². The molecule has 71 heavy (non-hydrogen) atoms. The molecule has 0 saturated heterocycles. The van der Waals surface area contributed by atoms with Crippen LogP contribution in [0, 0.1) is 0 Å². The highest BCUT2D eigenvalue weighted by Crippen LogP contribution is 2.16. The molecule has 1 unspecified atom stereocenters. The summed E-state index contributed by atoms with van der Waals surface area (Å²) in [5.41, 5.74) is 0. The van der Waals surface area contributed by atoms with Gasteiger partial charge >= 0.3 is 17.9 Å². The molecular formula is C65H110O6. The largest absolute Gasteiger partial charge is 0.462 e. The van der Waals surface area contributed by atoms with Gasteiger partial charge in [-0.3, -0.25) is 14.4 Å². The molecule has 1 atom stereocenters. The summed E-state index contributed by atoms with van der Waals surface area (Å²) in [6.07, 6.45) is 78.9. The van der Waals surface area contributed by atoms with Gasteiger partial charge in [-0.25, -0.2) is 0 Å². The molecule has 0 aromatic heterocycles. The first-order valence-electron chi connectivity index (χ1n) is 29.7. The molecule has 0 rings (SSSR count). The van der Waals surface area contributed by atoms with Crippen LogP contribution in [0.3, 0.4) is 0 Å². The summed E-state index contributed by atoms with van der Waals surface area (Å²) in [7, 11) is 0. The van der Waals surface area contributed by atoms with Crippen LogP contribution >= 0.6 is 0 Å². The average molecular weight is 988 g/mol. The highest BCUT2D eigenvalue weighted by atomic mass is 16.6. The first kappa shape index (κ1) is 67.3. The number of esters is 3. The van der Waals surface area contributed by atoms with Crippen molar-refractivity contribution >= 4 is 17.9 Å². The van der Waals surface area contributed by atoms with Gasteiger partial charge in [0.1, 0.15) is 13.2 Å². The van der Waals surface area contributed by atoms with Gasteiger partial charge in [0.2, 0.25) is 0 Å². The van der Waals surface area contributed by atoms with Crippen LogP contribution in [-0.2, 0) is 28.6 Å². The first-order valence-corrected chi connectivity index (χ1v) is 29.7. The van der Waals surface area contributed by atoms with Crippen molar-refractivity contribution in [2.75, 3.05) is 13.2 Å². The Hall–Kier alpha value is -3.67. The second kappa shape index (κ2) is 58.9. The zero-order chi connectivity index (χ0) is 51.4. The van der Waals surface area contributed by atoms with Crippen molar-refractivity contribution in [1.29, 1.82) is 0 Å². The third-order valence-corrected chi connectivity index (χ3v) is 12.6. The normalized spacial score (nSPS) is 12.8. The van der Waals surface area contributed by atoms with Crippen molar-refractivity contribution in [3.8, 4) is 0 Å². The minimum atomic E-state index is -0.778. The van der Waals surface area contributed by atoms with E-state index in [1.165, 1.54) is 116 Å². The Balaban J connectivity index is 4.01. The third kappa shape index (κ3) is 57.1. The maximum atomic E-state index is 12.8. The summed E-state index contributed by atoms with van der Waals surface area (Å²) in [5.74, 6) is -0.900. The summed E-state index contributed by atoms with van der Waals surface area (Å²) in [6, 6.07) is 0. The van der Waals surface area contributed by atoms with Crippen LogP contribution in [-0.4, -0.2) is 37.2 Å². The zero-order valence-corrected chi connectivity index (χ0v) is 46.5. The Morgan fingerprint density at radius 1 is 0.296 bits per heavy atom. The number of allylic oxidation sites excluding steroid dienone is 16. The minimum absolute atomic E-state index is 0.0800. The van der Waals surface area contributed by atoms with Crippen molar-refractivity contribution in [1.82, 2.24) is 0 Å². The summed E-state index contributed by atoms with van der Waals surface area (Å²) in [5, 5.41) is 0. The van der Waals surface area contributed by atoms with E-state index in [9.17, 15) is 14.4 Å². The number of rotatable bonds is 53. The van der Waals surface area contributed by atoms with Gasteiger partial charge in [-0.1, -0.05) is 259 Å². The maximum absolute atomic E-state index is 12.8. The smallest absolute Gasteiger partial charge is 0.306 e. The SMILES string of the molecule is CC/C=C\C/C=C\C/C=C\C/C=C\C/C=C\CCCCCCCCCCCCCCCCCC(=O)OCC(COC(=O)CCCCCCC)OC(=O)CCCCCCCCC/C=C\C/C=C\C/C=C\CC. The van der Waals surface area contributed by atoms with Gasteiger partial charge in [0.15, 0.2) is 6.10 Å². The molecule has 6 nitrogen and oxygen atoms in total. The van der Waals surface area contributed by atoms with E-state index in [-0.39, 0.29) is 31.1 Å². The number of carbonyl (C=O) groups excluding carboxylic acids is 3. The minimum Gasteiger partial charge on any atom is -0.462 e. The quantitative estimate of drug-likeness (QED) is 0.0261. The van der Waals surface area contributed by atoms with Gasteiger partial charge in [0.25, 0.3) is 0 Å². The Labute approximate surface area is 438 Å². The van der Waals surface area contributed by atoms with Gasteiger partial charge in [0, 0.05) is 19.3 Å². The Bertz CT molecular complexity index is 1410. The fraction of sp³-hybridized carbons (Fsp3) is 0.708. The van der Waals surface area contributed by atoms with E-state index in [2.05, 4.69) is 118 Å². The first-order chi connectivity index (χ1) is 35.0. The molecule has 6 heteroatoms. The molecule has 0 fully saturated rings. The highest BCUT2D eigenvalue weighted by molar-refractivity contribution is 5.71. The maximum Gasteiger partial charge on any atom is 0.306 e. The molecule has 0 radical (unpaired) electrons. The van der Waals surface area contributed by atoms with Crippen LogP contribution in [0.25, 0.3) is 0 Å². The predicted molar refractivity (Wildman–Crippen MR) is 307 cm³/mol. The lowest BCUT2D eigenvalue weighted by molar-refractivity contribution is -0.167.